The van der Waals surface area contributed by atoms with Gasteiger partial charge in [-0.1, -0.05) is 93.3 Å². The molecular weight excluding hydrogens is 506 g/mol. The average Bonchev–Trinajstić information content (AvgIpc) is 3.01. The summed E-state index contributed by atoms with van der Waals surface area (Å²) in [7, 11) is 0. The number of hydrogen-bond acceptors (Lipinski definition) is 0. The van der Waals surface area contributed by atoms with Crippen molar-refractivity contribution in [2.24, 2.45) is 35.5 Å². The lowest BCUT2D eigenvalue weighted by Gasteiger charge is -2.75. The number of rotatable bonds is 9. The summed E-state index contributed by atoms with van der Waals surface area (Å²) in [6.45, 7) is 2.29. The number of halogens is 2. The molecular formula is C39H44F2. The number of aryl methyl sites for hydroxylation is 1. The number of hydrogen-bond donors (Lipinski definition) is 0. The van der Waals surface area contributed by atoms with Crippen molar-refractivity contribution in [2.75, 3.05) is 0 Å². The van der Waals surface area contributed by atoms with Gasteiger partial charge in [0.1, 0.15) is 0 Å². The van der Waals surface area contributed by atoms with Crippen LogP contribution in [-0.4, -0.2) is 0 Å². The molecule has 0 aromatic heterocycles. The third-order valence-corrected chi connectivity index (χ3v) is 13.0. The predicted octanol–water partition coefficient (Wildman–Crippen LogP) is 10.4. The second kappa shape index (κ2) is 9.78. The van der Waals surface area contributed by atoms with Gasteiger partial charge < -0.3 is 0 Å². The maximum atomic E-state index is 14.5. The molecule has 0 heterocycles. The van der Waals surface area contributed by atoms with Crippen LogP contribution in [0.5, 0.6) is 0 Å². The number of benzene rings is 3. The Labute approximate surface area is 245 Å². The second-order valence-electron chi connectivity index (χ2n) is 14.8. The van der Waals surface area contributed by atoms with E-state index in [-0.39, 0.29) is 0 Å². The highest BCUT2D eigenvalue weighted by atomic mass is 19.2. The highest BCUT2D eigenvalue weighted by Crippen LogP contribution is 2.77. The third kappa shape index (κ3) is 4.02. The zero-order valence-corrected chi connectivity index (χ0v) is 24.6. The molecule has 0 nitrogen and oxygen atoms in total. The molecule has 7 aliphatic rings. The highest BCUT2D eigenvalue weighted by Gasteiger charge is 2.70. The fraction of sp³-hybridized carbons (Fsp3) is 0.538. The van der Waals surface area contributed by atoms with Gasteiger partial charge in [-0.05, 0) is 126 Å². The van der Waals surface area contributed by atoms with Gasteiger partial charge in [-0.3, -0.25) is 0 Å². The Kier molecular flexibility index (Phi) is 6.24. The minimum atomic E-state index is -0.774. The zero-order chi connectivity index (χ0) is 27.8. The molecule has 0 amide bonds. The molecule has 0 N–H and O–H groups in total. The van der Waals surface area contributed by atoms with Crippen molar-refractivity contribution in [1.82, 2.24) is 0 Å². The normalized spacial score (nSPS) is 35.9. The van der Waals surface area contributed by atoms with Gasteiger partial charge >= 0.3 is 0 Å². The third-order valence-electron chi connectivity index (χ3n) is 13.0. The molecule has 0 radical (unpaired) electrons. The van der Waals surface area contributed by atoms with Crippen LogP contribution in [0.2, 0.25) is 0 Å². The Balaban J connectivity index is 1.00. The van der Waals surface area contributed by atoms with Crippen molar-refractivity contribution in [2.45, 2.75) is 94.8 Å². The van der Waals surface area contributed by atoms with Gasteiger partial charge in [0.15, 0.2) is 11.6 Å². The van der Waals surface area contributed by atoms with E-state index in [1.807, 2.05) is 12.1 Å². The summed E-state index contributed by atoms with van der Waals surface area (Å²) < 4.78 is 28.3. The topological polar surface area (TPSA) is 0 Å². The average molecular weight is 551 g/mol. The van der Waals surface area contributed by atoms with Crippen LogP contribution in [0.15, 0.2) is 66.7 Å². The first kappa shape index (κ1) is 26.2. The van der Waals surface area contributed by atoms with Crippen LogP contribution in [0.25, 0.3) is 11.1 Å². The van der Waals surface area contributed by atoms with Crippen LogP contribution in [0, 0.1) is 47.1 Å². The van der Waals surface area contributed by atoms with E-state index in [0.717, 1.165) is 41.1 Å². The largest absolute Gasteiger partial charge is 0.204 e. The van der Waals surface area contributed by atoms with E-state index >= 15 is 0 Å². The molecule has 8 bridgehead atoms. The van der Waals surface area contributed by atoms with Crippen LogP contribution in [0.1, 0.15) is 94.2 Å². The monoisotopic (exact) mass is 550 g/mol. The van der Waals surface area contributed by atoms with Crippen LogP contribution in [0.3, 0.4) is 0 Å². The quantitative estimate of drug-likeness (QED) is 0.233. The van der Waals surface area contributed by atoms with Crippen molar-refractivity contribution in [1.29, 1.82) is 0 Å². The first-order valence-electron chi connectivity index (χ1n) is 16.6. The summed E-state index contributed by atoms with van der Waals surface area (Å²) in [6.07, 6.45) is 16.2. The predicted molar refractivity (Wildman–Crippen MR) is 163 cm³/mol. The standard InChI is InChI=1S/C39H44F2/c1-2-3-4-5-6-8-25-11-15-27(16-12-25)38-19-30-33-22-39(23-34(30)32(21-38)35(24-39)31(33)20-38)28-17-13-26(14-18-28)29-9-7-10-36(40)37(29)41/h7,9-18,30-35H,2-6,8,19-24H2,1H3. The molecule has 3 aromatic rings. The van der Waals surface area contributed by atoms with Crippen LogP contribution >= 0.6 is 0 Å². The molecule has 7 aliphatic carbocycles. The molecule has 0 aliphatic heterocycles. The van der Waals surface area contributed by atoms with E-state index in [0.29, 0.717) is 16.4 Å². The lowest BCUT2D eigenvalue weighted by molar-refractivity contribution is -0.221. The van der Waals surface area contributed by atoms with Crippen molar-refractivity contribution < 1.29 is 8.78 Å². The maximum absolute atomic E-state index is 14.5. The molecule has 0 spiro atoms. The lowest BCUT2D eigenvalue weighted by Crippen LogP contribution is -2.69. The lowest BCUT2D eigenvalue weighted by atomic mass is 9.29. The van der Waals surface area contributed by atoms with E-state index in [9.17, 15) is 8.78 Å². The summed E-state index contributed by atoms with van der Waals surface area (Å²) in [6, 6.07) is 23.0. The Bertz CT molecular complexity index is 1350. The Morgan fingerprint density at radius 1 is 0.585 bits per heavy atom. The second-order valence-corrected chi connectivity index (χ2v) is 14.8. The van der Waals surface area contributed by atoms with Crippen molar-refractivity contribution in [3.63, 3.8) is 0 Å². The van der Waals surface area contributed by atoms with Gasteiger partial charge in [-0.15, -0.1) is 0 Å². The molecule has 7 fully saturated rings. The Morgan fingerprint density at radius 3 is 1.59 bits per heavy atom. The van der Waals surface area contributed by atoms with E-state index in [4.69, 9.17) is 0 Å². The van der Waals surface area contributed by atoms with Gasteiger partial charge in [0.25, 0.3) is 0 Å². The molecule has 2 heteroatoms. The molecule has 0 unspecified atom stereocenters. The molecule has 10 rings (SSSR count). The van der Waals surface area contributed by atoms with Crippen LogP contribution in [-0.2, 0) is 17.3 Å². The molecule has 0 atom stereocenters. The first-order chi connectivity index (χ1) is 20.0. The molecule has 0 saturated heterocycles. The summed E-state index contributed by atoms with van der Waals surface area (Å²) >= 11 is 0. The van der Waals surface area contributed by atoms with E-state index in [1.165, 1.54) is 94.2 Å². The minimum Gasteiger partial charge on any atom is -0.204 e. The van der Waals surface area contributed by atoms with Gasteiger partial charge in [0, 0.05) is 5.56 Å². The SMILES string of the molecule is CCCCCCCc1ccc(C23CC4C5CC6(c7ccc(-c8cccc(F)c8F)cc7)CC4C(C2)C(C6)C5C3)cc1. The van der Waals surface area contributed by atoms with Crippen molar-refractivity contribution >= 4 is 0 Å². The zero-order valence-electron chi connectivity index (χ0n) is 24.6. The highest BCUT2D eigenvalue weighted by molar-refractivity contribution is 5.65. The van der Waals surface area contributed by atoms with E-state index in [1.54, 1.807) is 17.7 Å². The van der Waals surface area contributed by atoms with Crippen molar-refractivity contribution in [3.8, 4) is 11.1 Å². The van der Waals surface area contributed by atoms with Crippen molar-refractivity contribution in [3.05, 3.63) is 95.1 Å². The van der Waals surface area contributed by atoms with Crippen LogP contribution < -0.4 is 0 Å². The van der Waals surface area contributed by atoms with E-state index in [2.05, 4.69) is 43.3 Å². The van der Waals surface area contributed by atoms with Gasteiger partial charge in [0.2, 0.25) is 0 Å². The molecule has 41 heavy (non-hydrogen) atoms. The fourth-order valence-electron chi connectivity index (χ4n) is 11.3. The van der Waals surface area contributed by atoms with Gasteiger partial charge in [0.05, 0.1) is 0 Å². The first-order valence-corrected chi connectivity index (χ1v) is 16.6. The molecule has 7 saturated carbocycles. The Morgan fingerprint density at radius 2 is 1.07 bits per heavy atom. The summed E-state index contributed by atoms with van der Waals surface area (Å²) in [5.41, 5.74) is 6.49. The number of unbranched alkanes of at least 4 members (excludes halogenated alkanes) is 4. The van der Waals surface area contributed by atoms with E-state index < -0.39 is 11.6 Å². The fourth-order valence-corrected chi connectivity index (χ4v) is 11.3. The Hall–Kier alpha value is -2.48. The maximum Gasteiger partial charge on any atom is 0.166 e. The summed E-state index contributed by atoms with van der Waals surface area (Å²) in [5.74, 6) is 3.81. The molecule has 214 valence electrons. The molecule has 3 aromatic carbocycles. The van der Waals surface area contributed by atoms with Gasteiger partial charge in [-0.2, -0.15) is 0 Å². The minimum absolute atomic E-state index is 0.290. The van der Waals surface area contributed by atoms with Gasteiger partial charge in [-0.25, -0.2) is 8.78 Å². The van der Waals surface area contributed by atoms with Crippen LogP contribution in [0.4, 0.5) is 8.78 Å². The summed E-state index contributed by atoms with van der Waals surface area (Å²) in [5, 5.41) is 0. The summed E-state index contributed by atoms with van der Waals surface area (Å²) in [4.78, 5) is 0. The smallest absolute Gasteiger partial charge is 0.166 e.